The van der Waals surface area contributed by atoms with E-state index in [0.29, 0.717) is 25.7 Å². The molecule has 0 spiro atoms. The molecule has 5 atom stereocenters. The predicted molar refractivity (Wildman–Crippen MR) is 69.5 cm³/mol. The van der Waals surface area contributed by atoms with Crippen LogP contribution < -0.4 is 0 Å². The van der Waals surface area contributed by atoms with Crippen molar-refractivity contribution in [3.63, 3.8) is 0 Å². The Morgan fingerprint density at radius 2 is 2.10 bits per heavy atom. The molecule has 5 unspecified atom stereocenters. The van der Waals surface area contributed by atoms with Crippen molar-refractivity contribution in [3.05, 3.63) is 0 Å². The molecular weight excluding hydrogens is 303 g/mol. The first-order valence-electron chi connectivity index (χ1n) is 7.03. The third-order valence-corrected chi connectivity index (χ3v) is 6.63. The second-order valence-electron chi connectivity index (χ2n) is 7.14. The van der Waals surface area contributed by atoms with Crippen LogP contribution in [0.5, 0.6) is 0 Å². The largest absolute Gasteiger partial charge is 0.462 e. The van der Waals surface area contributed by atoms with Crippen LogP contribution >= 0.6 is 0 Å². The molecule has 0 aromatic heterocycles. The number of alkyl halides is 1. The van der Waals surface area contributed by atoms with Crippen LogP contribution in [0.2, 0.25) is 0 Å². The molecule has 0 aliphatic heterocycles. The van der Waals surface area contributed by atoms with Gasteiger partial charge in [-0.1, -0.05) is 0 Å². The van der Waals surface area contributed by atoms with E-state index in [9.17, 15) is 22.7 Å². The number of hydrogen-bond donors (Lipinski definition) is 2. The third kappa shape index (κ3) is 2.19. The van der Waals surface area contributed by atoms with E-state index in [2.05, 4.69) is 0 Å². The Morgan fingerprint density at radius 3 is 2.67 bits per heavy atom. The minimum absolute atomic E-state index is 0.107. The molecule has 4 fully saturated rings. The number of carbonyl (C=O) groups excluding carboxylic acids is 1. The Kier molecular flexibility index (Phi) is 3.01. The highest BCUT2D eigenvalue weighted by atomic mass is 32.2. The van der Waals surface area contributed by atoms with Crippen molar-refractivity contribution in [2.24, 2.45) is 17.3 Å². The quantitative estimate of drug-likeness (QED) is 0.592. The summed E-state index contributed by atoms with van der Waals surface area (Å²) < 4.78 is 49.1. The van der Waals surface area contributed by atoms with Crippen LogP contribution in [0, 0.1) is 17.3 Å². The van der Waals surface area contributed by atoms with Crippen LogP contribution in [0.3, 0.4) is 0 Å². The van der Waals surface area contributed by atoms with Gasteiger partial charge in [-0.2, -0.15) is 8.42 Å². The molecule has 0 aromatic carbocycles. The molecule has 0 aromatic rings. The van der Waals surface area contributed by atoms with E-state index in [1.807, 2.05) is 0 Å². The molecular formula is C13H19FO6S. The minimum atomic E-state index is -5.18. The van der Waals surface area contributed by atoms with Crippen LogP contribution in [-0.4, -0.2) is 41.3 Å². The van der Waals surface area contributed by atoms with Gasteiger partial charge in [0.15, 0.2) is 0 Å². The van der Waals surface area contributed by atoms with Crippen molar-refractivity contribution in [1.82, 2.24) is 0 Å². The van der Waals surface area contributed by atoms with Gasteiger partial charge >= 0.3 is 21.1 Å². The van der Waals surface area contributed by atoms with Crippen LogP contribution in [-0.2, 0) is 19.6 Å². The number of hydrogen-bond acceptors (Lipinski definition) is 5. The fourth-order valence-corrected chi connectivity index (χ4v) is 4.97. The molecule has 21 heavy (non-hydrogen) atoms. The second-order valence-corrected chi connectivity index (χ2v) is 8.86. The zero-order valence-electron chi connectivity index (χ0n) is 11.7. The Hall–Kier alpha value is -0.730. The zero-order valence-corrected chi connectivity index (χ0v) is 12.5. The monoisotopic (exact) mass is 322 g/mol. The first-order chi connectivity index (χ1) is 9.48. The van der Waals surface area contributed by atoms with Crippen LogP contribution in [0.1, 0.15) is 39.0 Å². The summed E-state index contributed by atoms with van der Waals surface area (Å²) in [7, 11) is -5.18. The average Bonchev–Trinajstić information content (AvgIpc) is 2.66. The van der Waals surface area contributed by atoms with Gasteiger partial charge in [-0.3, -0.25) is 4.55 Å². The average molecular weight is 322 g/mol. The maximum Gasteiger partial charge on any atom is 0.362 e. The fraction of sp³-hybridized carbons (Fsp3) is 0.923. The predicted octanol–water partition coefficient (Wildman–Crippen LogP) is 1.04. The summed E-state index contributed by atoms with van der Waals surface area (Å²) in [5.41, 5.74) is -1.09. The highest BCUT2D eigenvalue weighted by Gasteiger charge is 2.64. The minimum Gasteiger partial charge on any atom is -0.462 e. The molecule has 0 amide bonds. The summed E-state index contributed by atoms with van der Waals surface area (Å²) in [6, 6.07) is 0. The molecule has 6 nitrogen and oxygen atoms in total. The van der Waals surface area contributed by atoms with Gasteiger partial charge in [0.25, 0.3) is 0 Å². The molecule has 4 bridgehead atoms. The molecule has 4 saturated carbocycles. The highest BCUT2D eigenvalue weighted by molar-refractivity contribution is 7.87. The molecule has 2 N–H and O–H groups in total. The van der Waals surface area contributed by atoms with Crippen LogP contribution in [0.4, 0.5) is 4.39 Å². The van der Waals surface area contributed by atoms with E-state index in [-0.39, 0.29) is 17.9 Å². The topological polar surface area (TPSA) is 101 Å². The molecule has 120 valence electrons. The normalized spacial score (nSPS) is 43.8. The summed E-state index contributed by atoms with van der Waals surface area (Å²) in [6.07, 6.45) is 3.69. The lowest BCUT2D eigenvalue weighted by atomic mass is 9.74. The number of carbonyl (C=O) groups is 1. The van der Waals surface area contributed by atoms with Crippen LogP contribution in [0.15, 0.2) is 0 Å². The number of halogens is 1. The summed E-state index contributed by atoms with van der Waals surface area (Å²) in [6.45, 7) is 0.360. The maximum absolute atomic E-state index is 13.8. The van der Waals surface area contributed by atoms with Gasteiger partial charge in [-0.05, 0) is 50.9 Å². The van der Waals surface area contributed by atoms with E-state index in [0.717, 1.165) is 19.3 Å². The number of ether oxygens (including phenoxy) is 1. The van der Waals surface area contributed by atoms with Gasteiger partial charge in [-0.25, -0.2) is 9.18 Å². The second kappa shape index (κ2) is 4.17. The van der Waals surface area contributed by atoms with Crippen LogP contribution in [0.25, 0.3) is 0 Å². The Bertz CT molecular complexity index is 587. The van der Waals surface area contributed by atoms with Crippen molar-refractivity contribution < 1.29 is 32.0 Å². The Labute approximate surface area is 122 Å². The first kappa shape index (κ1) is 15.2. The van der Waals surface area contributed by atoms with E-state index < -0.39 is 26.7 Å². The van der Waals surface area contributed by atoms with Crippen molar-refractivity contribution in [3.8, 4) is 0 Å². The lowest BCUT2D eigenvalue weighted by molar-refractivity contribution is -0.156. The van der Waals surface area contributed by atoms with Gasteiger partial charge in [-0.15, -0.1) is 0 Å². The van der Waals surface area contributed by atoms with Crippen molar-refractivity contribution in [2.75, 3.05) is 6.61 Å². The Balaban J connectivity index is 1.71. The molecule has 4 aliphatic rings. The SMILES string of the molecule is CC(F)(C(=O)OCC12CC3CC1CC(O)(C3)C2)S(=O)(=O)O. The highest BCUT2D eigenvalue weighted by Crippen LogP contribution is 2.66. The maximum atomic E-state index is 13.8. The summed E-state index contributed by atoms with van der Waals surface area (Å²) in [4.78, 5) is 11.6. The standard InChI is InChI=1S/C13H19FO6S/c1-11(14,21(17,18)19)10(15)20-7-12-3-8-2-9(12)5-13(16,4-8)6-12/h8-9,16H,2-7H2,1H3,(H,17,18,19). The summed E-state index contributed by atoms with van der Waals surface area (Å²) >= 11 is 0. The molecule has 0 saturated heterocycles. The van der Waals surface area contributed by atoms with Crippen molar-refractivity contribution >= 4 is 16.1 Å². The summed E-state index contributed by atoms with van der Waals surface area (Å²) in [5, 5.41) is 6.93. The van der Waals surface area contributed by atoms with E-state index in [4.69, 9.17) is 9.29 Å². The van der Waals surface area contributed by atoms with Gasteiger partial charge in [0.05, 0.1) is 12.2 Å². The molecule has 0 radical (unpaired) electrons. The Morgan fingerprint density at radius 1 is 1.43 bits per heavy atom. The van der Waals surface area contributed by atoms with Gasteiger partial charge in [0.1, 0.15) is 0 Å². The third-order valence-electron chi connectivity index (χ3n) is 5.49. The van der Waals surface area contributed by atoms with Gasteiger partial charge in [0.2, 0.25) is 0 Å². The zero-order chi connectivity index (χ0) is 15.7. The van der Waals surface area contributed by atoms with Crippen molar-refractivity contribution in [2.45, 2.75) is 49.6 Å². The van der Waals surface area contributed by atoms with Crippen molar-refractivity contribution in [1.29, 1.82) is 0 Å². The molecule has 4 rings (SSSR count). The first-order valence-corrected chi connectivity index (χ1v) is 8.47. The van der Waals surface area contributed by atoms with E-state index >= 15 is 0 Å². The number of aliphatic hydroxyl groups is 1. The van der Waals surface area contributed by atoms with Gasteiger partial charge < -0.3 is 9.84 Å². The van der Waals surface area contributed by atoms with E-state index in [1.165, 1.54) is 0 Å². The summed E-state index contributed by atoms with van der Waals surface area (Å²) in [5.74, 6) is -0.984. The molecule has 8 heteroatoms. The fourth-order valence-electron chi connectivity index (χ4n) is 4.70. The van der Waals surface area contributed by atoms with Gasteiger partial charge in [0, 0.05) is 5.41 Å². The molecule has 0 heterocycles. The number of rotatable bonds is 4. The lowest BCUT2D eigenvalue weighted by Crippen LogP contribution is -2.43. The van der Waals surface area contributed by atoms with E-state index in [1.54, 1.807) is 0 Å². The smallest absolute Gasteiger partial charge is 0.362 e. The lowest BCUT2D eigenvalue weighted by Gasteiger charge is -2.37. The number of esters is 1. The molecule has 4 aliphatic carbocycles.